The largest absolute Gasteiger partial charge is 0.495 e. The molecule has 0 saturated heterocycles. The van der Waals surface area contributed by atoms with Crippen molar-refractivity contribution in [3.8, 4) is 5.75 Å². The summed E-state index contributed by atoms with van der Waals surface area (Å²) in [5.41, 5.74) is 8.99. The van der Waals surface area contributed by atoms with Crippen molar-refractivity contribution in [2.45, 2.75) is 33.7 Å². The first-order valence-corrected chi connectivity index (χ1v) is 10.4. The average molecular weight is 434 g/mol. The Labute approximate surface area is 189 Å². The monoisotopic (exact) mass is 433 g/mol. The first kappa shape index (κ1) is 23.0. The Balaban J connectivity index is 1.95. The molecular weight excluding hydrogens is 402 g/mol. The summed E-state index contributed by atoms with van der Waals surface area (Å²) in [4.78, 5) is 17.7. The van der Waals surface area contributed by atoms with Gasteiger partial charge in [-0.05, 0) is 36.1 Å². The van der Waals surface area contributed by atoms with Gasteiger partial charge >= 0.3 is 0 Å². The summed E-state index contributed by atoms with van der Waals surface area (Å²) in [6, 6.07) is 7.83. The van der Waals surface area contributed by atoms with Crippen molar-refractivity contribution in [1.29, 1.82) is 0 Å². The minimum Gasteiger partial charge on any atom is -0.495 e. The second-order valence-electron chi connectivity index (χ2n) is 8.57. The van der Waals surface area contributed by atoms with Gasteiger partial charge in [-0.2, -0.15) is 0 Å². The van der Waals surface area contributed by atoms with E-state index in [0.29, 0.717) is 11.7 Å². The van der Waals surface area contributed by atoms with E-state index in [1.54, 1.807) is 32.8 Å². The van der Waals surface area contributed by atoms with Gasteiger partial charge in [0.15, 0.2) is 5.82 Å². The molecule has 8 heteroatoms. The zero-order valence-corrected chi connectivity index (χ0v) is 19.5. The lowest BCUT2D eigenvalue weighted by molar-refractivity contribution is 0.359. The summed E-state index contributed by atoms with van der Waals surface area (Å²) in [6.07, 6.45) is 6.77. The number of allylic oxidation sites excluding steroid dienone is 1. The molecule has 32 heavy (non-hydrogen) atoms. The molecule has 0 radical (unpaired) electrons. The lowest BCUT2D eigenvalue weighted by atomic mass is 9.88. The first-order chi connectivity index (χ1) is 15.3. The third-order valence-electron chi connectivity index (χ3n) is 5.38. The number of hydrogen-bond donors (Lipinski definition) is 3. The van der Waals surface area contributed by atoms with E-state index in [2.05, 4.69) is 53.3 Å². The van der Waals surface area contributed by atoms with Gasteiger partial charge in [-0.1, -0.05) is 26.8 Å². The van der Waals surface area contributed by atoms with E-state index >= 15 is 0 Å². The number of nitrogens with zero attached hydrogens (tertiary/aromatic N) is 4. The van der Waals surface area contributed by atoms with Crippen molar-refractivity contribution in [2.24, 2.45) is 16.1 Å². The van der Waals surface area contributed by atoms with Crippen molar-refractivity contribution < 1.29 is 4.74 Å². The number of rotatable bonds is 7. The smallest absolute Gasteiger partial charge is 0.227 e. The van der Waals surface area contributed by atoms with Gasteiger partial charge in [-0.3, -0.25) is 4.99 Å². The summed E-state index contributed by atoms with van der Waals surface area (Å²) in [5.74, 6) is 1.82. The quantitative estimate of drug-likeness (QED) is 0.466. The van der Waals surface area contributed by atoms with Crippen LogP contribution in [0.3, 0.4) is 0 Å². The SMILES string of the molecule is CN=CC(=CN)c1ccc(Nc2ncc3ccnc(NC(C)C(C)(C)C)c3n2)c(OC)c1. The van der Waals surface area contributed by atoms with Crippen LogP contribution in [0.2, 0.25) is 0 Å². The topological polar surface area (TPSA) is 110 Å². The van der Waals surface area contributed by atoms with Crippen LogP contribution >= 0.6 is 0 Å². The van der Waals surface area contributed by atoms with Crippen LogP contribution in [-0.4, -0.2) is 41.4 Å². The van der Waals surface area contributed by atoms with Crippen molar-refractivity contribution in [3.05, 3.63) is 48.4 Å². The Kier molecular flexibility index (Phi) is 6.92. The summed E-state index contributed by atoms with van der Waals surface area (Å²) in [7, 11) is 3.32. The van der Waals surface area contributed by atoms with Crippen LogP contribution in [-0.2, 0) is 0 Å². The maximum Gasteiger partial charge on any atom is 0.227 e. The molecule has 2 heterocycles. The number of ether oxygens (including phenoxy) is 1. The number of nitrogens with one attached hydrogen (secondary N) is 2. The summed E-state index contributed by atoms with van der Waals surface area (Å²) >= 11 is 0. The molecule has 8 nitrogen and oxygen atoms in total. The summed E-state index contributed by atoms with van der Waals surface area (Å²) in [5, 5.41) is 7.66. The molecule has 0 saturated carbocycles. The molecule has 0 amide bonds. The Bertz CT molecular complexity index is 1150. The maximum atomic E-state index is 5.73. The lowest BCUT2D eigenvalue weighted by Crippen LogP contribution is -2.31. The lowest BCUT2D eigenvalue weighted by Gasteiger charge is -2.28. The summed E-state index contributed by atoms with van der Waals surface area (Å²) < 4.78 is 5.58. The van der Waals surface area contributed by atoms with Crippen LogP contribution < -0.4 is 21.1 Å². The predicted octanol–water partition coefficient (Wildman–Crippen LogP) is 4.62. The molecule has 168 valence electrons. The van der Waals surface area contributed by atoms with Crippen molar-refractivity contribution >= 4 is 40.1 Å². The molecule has 0 bridgehead atoms. The number of aliphatic imine (C=N–C) groups is 1. The molecule has 4 N–H and O–H groups in total. The predicted molar refractivity (Wildman–Crippen MR) is 133 cm³/mol. The molecule has 0 fully saturated rings. The number of aromatic nitrogens is 3. The number of methoxy groups -OCH3 is 1. The number of hydrogen-bond acceptors (Lipinski definition) is 8. The van der Waals surface area contributed by atoms with Crippen LogP contribution in [0.5, 0.6) is 5.75 Å². The van der Waals surface area contributed by atoms with E-state index in [4.69, 9.17) is 15.5 Å². The second kappa shape index (κ2) is 9.64. The molecule has 2 aromatic heterocycles. The molecule has 1 unspecified atom stereocenters. The van der Waals surface area contributed by atoms with E-state index in [-0.39, 0.29) is 11.5 Å². The zero-order chi connectivity index (χ0) is 23.3. The van der Waals surface area contributed by atoms with Gasteiger partial charge in [0.2, 0.25) is 5.95 Å². The van der Waals surface area contributed by atoms with Crippen molar-refractivity contribution in [2.75, 3.05) is 24.8 Å². The summed E-state index contributed by atoms with van der Waals surface area (Å²) in [6.45, 7) is 8.70. The molecule has 0 aliphatic heterocycles. The molecule has 0 aliphatic carbocycles. The van der Waals surface area contributed by atoms with Gasteiger partial charge in [0.25, 0.3) is 0 Å². The fraction of sp³-hybridized carbons (Fsp3) is 0.333. The highest BCUT2D eigenvalue weighted by Gasteiger charge is 2.21. The third kappa shape index (κ3) is 5.14. The maximum absolute atomic E-state index is 5.73. The number of benzene rings is 1. The number of anilines is 3. The Morgan fingerprint density at radius 1 is 1.22 bits per heavy atom. The molecular formula is C24H31N7O. The average Bonchev–Trinajstić information content (AvgIpc) is 2.77. The van der Waals surface area contributed by atoms with Gasteiger partial charge in [-0.25, -0.2) is 15.0 Å². The Hall–Kier alpha value is -3.68. The highest BCUT2D eigenvalue weighted by molar-refractivity contribution is 6.09. The zero-order valence-electron chi connectivity index (χ0n) is 19.5. The van der Waals surface area contributed by atoms with Gasteiger partial charge < -0.3 is 21.1 Å². The standard InChI is InChI=1S/C24H31N7O/c1-15(24(2,3)4)29-22-21-17(9-10-27-22)14-28-23(31-21)30-19-8-7-16(11-20(19)32-6)18(12-25)13-26-5/h7-15H,25H2,1-6H3,(H,27,29)(H,28,30,31). The molecule has 3 aromatic rings. The van der Waals surface area contributed by atoms with Crippen molar-refractivity contribution in [1.82, 2.24) is 15.0 Å². The second-order valence-corrected chi connectivity index (χ2v) is 8.57. The first-order valence-electron chi connectivity index (χ1n) is 10.4. The molecule has 1 atom stereocenters. The number of fused-ring (bicyclic) bond motifs is 1. The molecule has 3 rings (SSSR count). The fourth-order valence-electron chi connectivity index (χ4n) is 2.99. The van der Waals surface area contributed by atoms with Crippen LogP contribution in [0.4, 0.5) is 17.5 Å². The highest BCUT2D eigenvalue weighted by Crippen LogP contribution is 2.31. The minimum atomic E-state index is 0.0758. The van der Waals surface area contributed by atoms with Crippen LogP contribution in [0.15, 0.2) is 47.9 Å². The van der Waals surface area contributed by atoms with E-state index in [0.717, 1.165) is 33.5 Å². The molecule has 1 aromatic carbocycles. The van der Waals surface area contributed by atoms with Crippen LogP contribution in [0, 0.1) is 5.41 Å². The van der Waals surface area contributed by atoms with Crippen LogP contribution in [0.25, 0.3) is 16.5 Å². The van der Waals surface area contributed by atoms with Crippen molar-refractivity contribution in [3.63, 3.8) is 0 Å². The highest BCUT2D eigenvalue weighted by atomic mass is 16.5. The third-order valence-corrected chi connectivity index (χ3v) is 5.38. The normalized spacial score (nSPS) is 13.4. The fourth-order valence-corrected chi connectivity index (χ4v) is 2.99. The van der Waals surface area contributed by atoms with E-state index in [1.165, 1.54) is 6.20 Å². The van der Waals surface area contributed by atoms with E-state index in [9.17, 15) is 0 Å². The molecule has 0 spiro atoms. The van der Waals surface area contributed by atoms with Gasteiger partial charge in [-0.15, -0.1) is 0 Å². The molecule has 0 aliphatic rings. The number of nitrogens with two attached hydrogens (primary N) is 1. The van der Waals surface area contributed by atoms with Gasteiger partial charge in [0.05, 0.1) is 12.8 Å². The minimum absolute atomic E-state index is 0.0758. The van der Waals surface area contributed by atoms with Crippen LogP contribution in [0.1, 0.15) is 33.3 Å². The Morgan fingerprint density at radius 2 is 2.00 bits per heavy atom. The van der Waals surface area contributed by atoms with E-state index < -0.39 is 0 Å². The van der Waals surface area contributed by atoms with Gasteiger partial charge in [0.1, 0.15) is 11.3 Å². The number of pyridine rings is 1. The van der Waals surface area contributed by atoms with Gasteiger partial charge in [0, 0.05) is 48.9 Å². The Morgan fingerprint density at radius 3 is 2.66 bits per heavy atom. The van der Waals surface area contributed by atoms with E-state index in [1.807, 2.05) is 24.3 Å².